The molecule has 2 rings (SSSR count). The Balaban J connectivity index is 2.04. The Kier molecular flexibility index (Phi) is 2.14. The van der Waals surface area contributed by atoms with Crippen molar-refractivity contribution >= 4 is 0 Å². The molecule has 2 heterocycles. The van der Waals surface area contributed by atoms with Crippen molar-refractivity contribution in [3.8, 4) is 0 Å². The lowest BCUT2D eigenvalue weighted by molar-refractivity contribution is -0.0704. The van der Waals surface area contributed by atoms with Crippen LogP contribution in [0, 0.1) is 0 Å². The molecule has 2 heteroatoms. The van der Waals surface area contributed by atoms with E-state index in [1.165, 1.54) is 25.8 Å². The molecule has 11 heavy (non-hydrogen) atoms. The van der Waals surface area contributed by atoms with Crippen molar-refractivity contribution in [2.45, 2.75) is 38.3 Å². The Bertz CT molecular complexity index is 116. The average molecular weight is 155 g/mol. The first kappa shape index (κ1) is 7.56. The summed E-state index contributed by atoms with van der Waals surface area (Å²) in [4.78, 5) is 2.62. The number of likely N-dealkylation sites (N-methyl/N-ethyl adjacent to an activating group) is 1. The second kappa shape index (κ2) is 3.11. The van der Waals surface area contributed by atoms with Gasteiger partial charge in [0.25, 0.3) is 0 Å². The van der Waals surface area contributed by atoms with E-state index in [1.807, 2.05) is 0 Å². The van der Waals surface area contributed by atoms with Gasteiger partial charge in [0.15, 0.2) is 0 Å². The maximum absolute atomic E-state index is 5.53. The quantitative estimate of drug-likeness (QED) is 0.565. The number of hydrogen-bond donors (Lipinski definition) is 0. The van der Waals surface area contributed by atoms with Crippen LogP contribution in [0.1, 0.15) is 26.2 Å². The van der Waals surface area contributed by atoms with E-state index in [-0.39, 0.29) is 0 Å². The number of piperidine rings is 1. The molecule has 2 saturated heterocycles. The van der Waals surface area contributed by atoms with Gasteiger partial charge in [-0.25, -0.2) is 0 Å². The zero-order chi connectivity index (χ0) is 7.68. The molecule has 0 aromatic heterocycles. The molecule has 0 radical (unpaired) electrons. The van der Waals surface area contributed by atoms with Crippen LogP contribution in [0.2, 0.25) is 0 Å². The van der Waals surface area contributed by atoms with Gasteiger partial charge in [0.05, 0.1) is 13.2 Å². The molecule has 2 bridgehead atoms. The summed E-state index contributed by atoms with van der Waals surface area (Å²) in [5.41, 5.74) is 0. The molecule has 0 aliphatic carbocycles. The highest BCUT2D eigenvalue weighted by Crippen LogP contribution is 2.26. The van der Waals surface area contributed by atoms with Gasteiger partial charge in [-0.05, 0) is 19.4 Å². The second-order valence-corrected chi connectivity index (χ2v) is 3.61. The van der Waals surface area contributed by atoms with Crippen LogP contribution in [0.15, 0.2) is 0 Å². The number of nitrogens with zero attached hydrogens (tertiary/aromatic N) is 1. The van der Waals surface area contributed by atoms with Crippen molar-refractivity contribution in [2.24, 2.45) is 0 Å². The molecule has 0 N–H and O–H groups in total. The summed E-state index contributed by atoms with van der Waals surface area (Å²) in [6.45, 7) is 5.42. The third-order valence-corrected chi connectivity index (χ3v) is 3.00. The first-order valence-electron chi connectivity index (χ1n) is 4.75. The van der Waals surface area contributed by atoms with Crippen molar-refractivity contribution in [1.29, 1.82) is 0 Å². The third kappa shape index (κ3) is 1.30. The Labute approximate surface area is 68.5 Å². The fourth-order valence-corrected chi connectivity index (χ4v) is 2.43. The summed E-state index contributed by atoms with van der Waals surface area (Å²) >= 11 is 0. The molecule has 2 atom stereocenters. The van der Waals surface area contributed by atoms with Crippen LogP contribution in [0.25, 0.3) is 0 Å². The van der Waals surface area contributed by atoms with Crippen molar-refractivity contribution in [1.82, 2.24) is 4.90 Å². The second-order valence-electron chi connectivity index (χ2n) is 3.61. The van der Waals surface area contributed by atoms with Gasteiger partial charge in [-0.1, -0.05) is 13.3 Å². The Morgan fingerprint density at radius 2 is 1.91 bits per heavy atom. The minimum Gasteiger partial charge on any atom is -0.378 e. The van der Waals surface area contributed by atoms with Crippen molar-refractivity contribution in [3.63, 3.8) is 0 Å². The molecule has 2 nitrogen and oxygen atoms in total. The first-order chi connectivity index (χ1) is 5.42. The van der Waals surface area contributed by atoms with Crippen molar-refractivity contribution in [3.05, 3.63) is 0 Å². The summed E-state index contributed by atoms with van der Waals surface area (Å²) in [7, 11) is 0. The molecule has 0 amide bonds. The summed E-state index contributed by atoms with van der Waals surface area (Å²) in [5, 5.41) is 0. The molecular weight excluding hydrogens is 138 g/mol. The zero-order valence-electron chi connectivity index (χ0n) is 7.25. The fraction of sp³-hybridized carbons (Fsp3) is 1.00. The third-order valence-electron chi connectivity index (χ3n) is 3.00. The molecule has 2 unspecified atom stereocenters. The number of fused-ring (bicyclic) bond motifs is 2. The molecule has 0 spiro atoms. The van der Waals surface area contributed by atoms with E-state index < -0.39 is 0 Å². The average Bonchev–Trinajstić information content (AvgIpc) is 2.03. The molecule has 2 aliphatic heterocycles. The van der Waals surface area contributed by atoms with E-state index >= 15 is 0 Å². The lowest BCUT2D eigenvalue weighted by Crippen LogP contribution is -2.54. The van der Waals surface area contributed by atoms with Gasteiger partial charge in [0, 0.05) is 12.1 Å². The number of ether oxygens (including phenoxy) is 1. The Morgan fingerprint density at radius 3 is 2.36 bits per heavy atom. The zero-order valence-corrected chi connectivity index (χ0v) is 7.25. The lowest BCUT2D eigenvalue weighted by atomic mass is 9.94. The van der Waals surface area contributed by atoms with E-state index in [4.69, 9.17) is 4.74 Å². The number of hydrogen-bond acceptors (Lipinski definition) is 2. The maximum atomic E-state index is 5.53. The van der Waals surface area contributed by atoms with Crippen LogP contribution in [0.4, 0.5) is 0 Å². The molecule has 64 valence electrons. The van der Waals surface area contributed by atoms with Crippen LogP contribution >= 0.6 is 0 Å². The van der Waals surface area contributed by atoms with Gasteiger partial charge in [0.1, 0.15) is 0 Å². The number of rotatable bonds is 1. The van der Waals surface area contributed by atoms with Crippen LogP contribution in [0.5, 0.6) is 0 Å². The van der Waals surface area contributed by atoms with Gasteiger partial charge >= 0.3 is 0 Å². The van der Waals surface area contributed by atoms with Crippen LogP contribution in [-0.4, -0.2) is 36.7 Å². The van der Waals surface area contributed by atoms with Gasteiger partial charge in [-0.2, -0.15) is 0 Å². The standard InChI is InChI=1S/C9H17NO/c1-2-10-8-4-3-5-9(10)7-11-6-8/h8-9H,2-7H2,1H3. The monoisotopic (exact) mass is 155 g/mol. The predicted molar refractivity (Wildman–Crippen MR) is 44.6 cm³/mol. The SMILES string of the molecule is CCN1C2CCCC1COC2. The van der Waals surface area contributed by atoms with Gasteiger partial charge in [-0.15, -0.1) is 0 Å². The molecule has 2 fully saturated rings. The summed E-state index contributed by atoms with van der Waals surface area (Å²) in [5.74, 6) is 0. The molecule has 0 aromatic rings. The Hall–Kier alpha value is -0.0800. The van der Waals surface area contributed by atoms with E-state index in [0.29, 0.717) is 0 Å². The molecular formula is C9H17NO. The minimum absolute atomic E-state index is 0.743. The smallest absolute Gasteiger partial charge is 0.0622 e. The highest BCUT2D eigenvalue weighted by Gasteiger charge is 2.32. The van der Waals surface area contributed by atoms with Gasteiger partial charge in [-0.3, -0.25) is 4.90 Å². The fourth-order valence-electron chi connectivity index (χ4n) is 2.43. The Morgan fingerprint density at radius 1 is 1.27 bits per heavy atom. The van der Waals surface area contributed by atoms with Gasteiger partial charge < -0.3 is 4.74 Å². The predicted octanol–water partition coefficient (Wildman–Crippen LogP) is 1.26. The van der Waals surface area contributed by atoms with E-state index in [9.17, 15) is 0 Å². The van der Waals surface area contributed by atoms with E-state index in [1.54, 1.807) is 0 Å². The van der Waals surface area contributed by atoms with Crippen LogP contribution < -0.4 is 0 Å². The van der Waals surface area contributed by atoms with E-state index in [0.717, 1.165) is 25.3 Å². The molecule has 0 saturated carbocycles. The number of morpholine rings is 1. The molecule has 0 aromatic carbocycles. The highest BCUT2D eigenvalue weighted by atomic mass is 16.5. The topological polar surface area (TPSA) is 12.5 Å². The summed E-state index contributed by atoms with van der Waals surface area (Å²) < 4.78 is 5.53. The molecule has 2 aliphatic rings. The summed E-state index contributed by atoms with van der Waals surface area (Å²) in [6, 6.07) is 1.49. The minimum atomic E-state index is 0.743. The van der Waals surface area contributed by atoms with Crippen LogP contribution in [-0.2, 0) is 4.74 Å². The summed E-state index contributed by atoms with van der Waals surface area (Å²) in [6.07, 6.45) is 4.11. The van der Waals surface area contributed by atoms with E-state index in [2.05, 4.69) is 11.8 Å². The highest BCUT2D eigenvalue weighted by molar-refractivity contribution is 4.86. The van der Waals surface area contributed by atoms with Crippen molar-refractivity contribution < 1.29 is 4.74 Å². The largest absolute Gasteiger partial charge is 0.378 e. The van der Waals surface area contributed by atoms with Gasteiger partial charge in [0.2, 0.25) is 0 Å². The van der Waals surface area contributed by atoms with Crippen LogP contribution in [0.3, 0.4) is 0 Å². The maximum Gasteiger partial charge on any atom is 0.0622 e. The van der Waals surface area contributed by atoms with Crippen molar-refractivity contribution in [2.75, 3.05) is 19.8 Å². The first-order valence-corrected chi connectivity index (χ1v) is 4.75. The lowest BCUT2D eigenvalue weighted by Gasteiger charge is -2.45. The normalized spacial score (nSPS) is 39.0.